The van der Waals surface area contributed by atoms with Crippen molar-refractivity contribution in [3.63, 3.8) is 0 Å². The summed E-state index contributed by atoms with van der Waals surface area (Å²) >= 11 is 0. The van der Waals surface area contributed by atoms with Crippen LogP contribution in [0.5, 0.6) is 0 Å². The van der Waals surface area contributed by atoms with Crippen LogP contribution >= 0.6 is 0 Å². The van der Waals surface area contributed by atoms with E-state index >= 15 is 0 Å². The van der Waals surface area contributed by atoms with Crippen molar-refractivity contribution in [2.45, 2.75) is 31.8 Å². The second kappa shape index (κ2) is 7.17. The minimum absolute atomic E-state index is 0.112. The molecule has 2 heterocycles. The normalized spacial score (nSPS) is 18.8. The molecule has 6 nitrogen and oxygen atoms in total. The van der Waals surface area contributed by atoms with Crippen molar-refractivity contribution in [3.8, 4) is 0 Å². The van der Waals surface area contributed by atoms with Gasteiger partial charge in [-0.2, -0.15) is 0 Å². The van der Waals surface area contributed by atoms with Gasteiger partial charge in [0, 0.05) is 25.5 Å². The van der Waals surface area contributed by atoms with Gasteiger partial charge in [-0.05, 0) is 44.0 Å². The summed E-state index contributed by atoms with van der Waals surface area (Å²) in [6.45, 7) is 1.41. The molecular weight excluding hydrogens is 270 g/mol. The fourth-order valence-corrected chi connectivity index (χ4v) is 2.66. The van der Waals surface area contributed by atoms with Crippen molar-refractivity contribution in [2.75, 3.05) is 20.1 Å². The molecule has 0 spiro atoms. The van der Waals surface area contributed by atoms with E-state index in [0.717, 1.165) is 18.4 Å². The zero-order valence-electron chi connectivity index (χ0n) is 12.2. The summed E-state index contributed by atoms with van der Waals surface area (Å²) in [5.74, 6) is -1.02. The Balaban J connectivity index is 1.91. The van der Waals surface area contributed by atoms with Crippen molar-refractivity contribution in [1.82, 2.24) is 14.8 Å². The average Bonchev–Trinajstić information content (AvgIpc) is 2.48. The summed E-state index contributed by atoms with van der Waals surface area (Å²) in [6.07, 6.45) is 5.73. The van der Waals surface area contributed by atoms with Gasteiger partial charge in [-0.1, -0.05) is 0 Å². The third-order valence-corrected chi connectivity index (χ3v) is 3.72. The Morgan fingerprint density at radius 2 is 2.10 bits per heavy atom. The lowest BCUT2D eigenvalue weighted by Crippen LogP contribution is -2.50. The Morgan fingerprint density at radius 1 is 1.38 bits per heavy atom. The highest BCUT2D eigenvalue weighted by molar-refractivity contribution is 5.85. The highest BCUT2D eigenvalue weighted by atomic mass is 16.4. The lowest BCUT2D eigenvalue weighted by molar-refractivity contribution is -0.152. The number of carboxylic acid groups (broad SMARTS) is 1. The van der Waals surface area contributed by atoms with Crippen LogP contribution < -0.4 is 0 Å². The van der Waals surface area contributed by atoms with Crippen molar-refractivity contribution in [3.05, 3.63) is 30.1 Å². The van der Waals surface area contributed by atoms with Crippen LogP contribution in [-0.4, -0.2) is 57.9 Å². The molecule has 1 aliphatic rings. The van der Waals surface area contributed by atoms with Gasteiger partial charge in [-0.3, -0.25) is 14.7 Å². The number of carboxylic acids is 1. The van der Waals surface area contributed by atoms with Gasteiger partial charge in [-0.15, -0.1) is 0 Å². The Labute approximate surface area is 124 Å². The van der Waals surface area contributed by atoms with Crippen LogP contribution in [0.2, 0.25) is 0 Å². The molecule has 1 fully saturated rings. The SMILES string of the molecule is CN(CC(=O)N1CCCC[C@@H]1C(=O)O)Cc1ccncc1. The molecule has 0 bridgehead atoms. The van der Waals surface area contributed by atoms with E-state index in [-0.39, 0.29) is 12.5 Å². The van der Waals surface area contributed by atoms with E-state index in [9.17, 15) is 14.7 Å². The third kappa shape index (κ3) is 4.26. The topological polar surface area (TPSA) is 73.7 Å². The van der Waals surface area contributed by atoms with E-state index in [2.05, 4.69) is 4.98 Å². The number of carbonyl (C=O) groups excluding carboxylic acids is 1. The largest absolute Gasteiger partial charge is 0.480 e. The standard InChI is InChI=1S/C15H21N3O3/c1-17(10-12-5-7-16-8-6-12)11-14(19)18-9-3-2-4-13(18)15(20)21/h5-8,13H,2-4,9-11H2,1H3,(H,20,21)/t13-/m1/s1. The Bertz CT molecular complexity index is 492. The van der Waals surface area contributed by atoms with Crippen molar-refractivity contribution in [2.24, 2.45) is 0 Å². The summed E-state index contributed by atoms with van der Waals surface area (Å²) in [5, 5.41) is 9.21. The van der Waals surface area contributed by atoms with Crippen LogP contribution in [-0.2, 0) is 16.1 Å². The quantitative estimate of drug-likeness (QED) is 0.875. The maximum absolute atomic E-state index is 12.3. The van der Waals surface area contributed by atoms with Crippen molar-refractivity contribution < 1.29 is 14.7 Å². The highest BCUT2D eigenvalue weighted by Crippen LogP contribution is 2.17. The van der Waals surface area contributed by atoms with Gasteiger partial charge in [0.25, 0.3) is 0 Å². The smallest absolute Gasteiger partial charge is 0.326 e. The van der Waals surface area contributed by atoms with Crippen molar-refractivity contribution in [1.29, 1.82) is 0 Å². The summed E-state index contributed by atoms with van der Waals surface area (Å²) in [6, 6.07) is 3.14. The van der Waals surface area contributed by atoms with E-state index in [0.29, 0.717) is 19.5 Å². The molecule has 2 rings (SSSR count). The molecule has 1 aliphatic heterocycles. The lowest BCUT2D eigenvalue weighted by Gasteiger charge is -2.34. The minimum Gasteiger partial charge on any atom is -0.480 e. The van der Waals surface area contributed by atoms with Gasteiger partial charge in [0.1, 0.15) is 6.04 Å². The van der Waals surface area contributed by atoms with Gasteiger partial charge in [0.2, 0.25) is 5.91 Å². The summed E-state index contributed by atoms with van der Waals surface area (Å²) in [4.78, 5) is 30.9. The van der Waals surface area contributed by atoms with Crippen LogP contribution in [0, 0.1) is 0 Å². The summed E-state index contributed by atoms with van der Waals surface area (Å²) in [5.41, 5.74) is 1.08. The molecule has 114 valence electrons. The monoisotopic (exact) mass is 291 g/mol. The van der Waals surface area contributed by atoms with Crippen LogP contribution in [0.4, 0.5) is 0 Å². The van der Waals surface area contributed by atoms with Crippen LogP contribution in [0.25, 0.3) is 0 Å². The second-order valence-corrected chi connectivity index (χ2v) is 5.46. The van der Waals surface area contributed by atoms with E-state index in [1.807, 2.05) is 24.1 Å². The Hall–Kier alpha value is -1.95. The zero-order valence-corrected chi connectivity index (χ0v) is 12.2. The van der Waals surface area contributed by atoms with Gasteiger partial charge < -0.3 is 10.0 Å². The first-order valence-electron chi connectivity index (χ1n) is 7.17. The fourth-order valence-electron chi connectivity index (χ4n) is 2.66. The summed E-state index contributed by atoms with van der Waals surface area (Å²) < 4.78 is 0. The van der Waals surface area contributed by atoms with E-state index in [1.54, 1.807) is 12.4 Å². The number of carbonyl (C=O) groups is 2. The molecule has 0 radical (unpaired) electrons. The average molecular weight is 291 g/mol. The molecule has 1 aromatic rings. The van der Waals surface area contributed by atoms with Crippen LogP contribution in [0.15, 0.2) is 24.5 Å². The number of likely N-dealkylation sites (tertiary alicyclic amines) is 1. The second-order valence-electron chi connectivity index (χ2n) is 5.46. The molecule has 1 atom stereocenters. The molecule has 0 unspecified atom stereocenters. The molecule has 1 amide bonds. The van der Waals surface area contributed by atoms with Crippen LogP contribution in [0.1, 0.15) is 24.8 Å². The summed E-state index contributed by atoms with van der Waals surface area (Å²) in [7, 11) is 1.86. The van der Waals surface area contributed by atoms with E-state index < -0.39 is 12.0 Å². The number of hydrogen-bond donors (Lipinski definition) is 1. The molecule has 0 aliphatic carbocycles. The lowest BCUT2D eigenvalue weighted by atomic mass is 10.0. The number of pyridine rings is 1. The van der Waals surface area contributed by atoms with Gasteiger partial charge in [-0.25, -0.2) is 4.79 Å². The number of hydrogen-bond acceptors (Lipinski definition) is 4. The van der Waals surface area contributed by atoms with Crippen LogP contribution in [0.3, 0.4) is 0 Å². The minimum atomic E-state index is -0.903. The van der Waals surface area contributed by atoms with Gasteiger partial charge in [0.05, 0.1) is 6.54 Å². The van der Waals surface area contributed by atoms with E-state index in [4.69, 9.17) is 0 Å². The fraction of sp³-hybridized carbons (Fsp3) is 0.533. The Morgan fingerprint density at radius 3 is 2.76 bits per heavy atom. The molecule has 0 aromatic carbocycles. The predicted octanol–water partition coefficient (Wildman–Crippen LogP) is 0.979. The van der Waals surface area contributed by atoms with Crippen molar-refractivity contribution >= 4 is 11.9 Å². The maximum atomic E-state index is 12.3. The number of nitrogens with zero attached hydrogens (tertiary/aromatic N) is 3. The number of aromatic nitrogens is 1. The molecule has 6 heteroatoms. The molecule has 21 heavy (non-hydrogen) atoms. The van der Waals surface area contributed by atoms with E-state index in [1.165, 1.54) is 4.90 Å². The number of rotatable bonds is 5. The van der Waals surface area contributed by atoms with Gasteiger partial charge in [0.15, 0.2) is 0 Å². The first-order valence-corrected chi connectivity index (χ1v) is 7.17. The first-order chi connectivity index (χ1) is 10.1. The maximum Gasteiger partial charge on any atom is 0.326 e. The molecule has 1 N–H and O–H groups in total. The van der Waals surface area contributed by atoms with Gasteiger partial charge >= 0.3 is 5.97 Å². The number of piperidine rings is 1. The third-order valence-electron chi connectivity index (χ3n) is 3.72. The number of likely N-dealkylation sites (N-methyl/N-ethyl adjacent to an activating group) is 1. The zero-order chi connectivity index (χ0) is 15.2. The molecule has 1 saturated heterocycles. The molecule has 1 aromatic heterocycles. The Kier molecular flexibility index (Phi) is 5.27. The predicted molar refractivity (Wildman–Crippen MR) is 77.6 cm³/mol. The first kappa shape index (κ1) is 15.4. The number of amides is 1. The number of aliphatic carboxylic acids is 1. The molecule has 0 saturated carbocycles. The molecular formula is C15H21N3O3. The highest BCUT2D eigenvalue weighted by Gasteiger charge is 2.31.